The molecule has 0 fully saturated rings. The van der Waals surface area contributed by atoms with Gasteiger partial charge >= 0.3 is 0 Å². The maximum Gasteiger partial charge on any atom is 0.224 e. The largest absolute Gasteiger partial charge is 0.493 e. The van der Waals surface area contributed by atoms with E-state index in [0.717, 1.165) is 37.2 Å². The second-order valence-electron chi connectivity index (χ2n) is 5.72. The zero-order valence-corrected chi connectivity index (χ0v) is 14.8. The maximum absolute atomic E-state index is 12.0. The molecule has 0 unspecified atom stereocenters. The van der Waals surface area contributed by atoms with E-state index in [1.54, 1.807) is 6.07 Å². The number of halogens is 1. The van der Waals surface area contributed by atoms with Crippen LogP contribution in [0, 0.1) is 0 Å². The van der Waals surface area contributed by atoms with Crippen molar-refractivity contribution in [3.8, 4) is 5.75 Å². The van der Waals surface area contributed by atoms with Gasteiger partial charge in [0.1, 0.15) is 5.75 Å². The van der Waals surface area contributed by atoms with Crippen molar-refractivity contribution in [1.82, 2.24) is 5.32 Å². The van der Waals surface area contributed by atoms with Gasteiger partial charge in [-0.1, -0.05) is 48.9 Å². The molecule has 3 nitrogen and oxygen atoms in total. The molecule has 0 aliphatic heterocycles. The van der Waals surface area contributed by atoms with Gasteiger partial charge in [0.25, 0.3) is 0 Å². The average Bonchev–Trinajstić information content (AvgIpc) is 2.58. The van der Waals surface area contributed by atoms with Crippen LogP contribution in [0.5, 0.6) is 5.75 Å². The van der Waals surface area contributed by atoms with Crippen LogP contribution in [0.25, 0.3) is 0 Å². The summed E-state index contributed by atoms with van der Waals surface area (Å²) in [6.45, 7) is 3.48. The molecule has 0 saturated heterocycles. The quantitative estimate of drug-likeness (QED) is 0.683. The van der Waals surface area contributed by atoms with Crippen LogP contribution < -0.4 is 10.1 Å². The molecular formula is C20H24ClNO2. The van der Waals surface area contributed by atoms with Gasteiger partial charge in [0.05, 0.1) is 13.0 Å². The second kappa shape index (κ2) is 9.99. The molecule has 2 aromatic carbocycles. The number of hydrogen-bond acceptors (Lipinski definition) is 2. The summed E-state index contributed by atoms with van der Waals surface area (Å²) >= 11 is 5.93. The predicted octanol–water partition coefficient (Wildman–Crippen LogP) is 4.42. The number of carbonyl (C=O) groups excluding carboxylic acids is 1. The van der Waals surface area contributed by atoms with E-state index in [9.17, 15) is 4.79 Å². The third kappa shape index (κ3) is 6.25. The Balaban J connectivity index is 1.74. The summed E-state index contributed by atoms with van der Waals surface area (Å²) in [4.78, 5) is 12.0. The van der Waals surface area contributed by atoms with Gasteiger partial charge in [-0.25, -0.2) is 0 Å². The Morgan fingerprint density at radius 2 is 2.00 bits per heavy atom. The van der Waals surface area contributed by atoms with E-state index < -0.39 is 0 Å². The van der Waals surface area contributed by atoms with Crippen molar-refractivity contribution >= 4 is 17.5 Å². The molecule has 4 heteroatoms. The third-order valence-electron chi connectivity index (χ3n) is 3.63. The van der Waals surface area contributed by atoms with Crippen LogP contribution in [-0.2, 0) is 17.6 Å². The summed E-state index contributed by atoms with van der Waals surface area (Å²) in [5.74, 6) is 0.970. The van der Waals surface area contributed by atoms with E-state index in [-0.39, 0.29) is 5.91 Å². The summed E-state index contributed by atoms with van der Waals surface area (Å²) in [6, 6.07) is 15.5. The van der Waals surface area contributed by atoms with Gasteiger partial charge in [-0.15, -0.1) is 0 Å². The molecule has 2 aromatic rings. The average molecular weight is 346 g/mol. The number of nitrogens with one attached hydrogen (secondary N) is 1. The van der Waals surface area contributed by atoms with Gasteiger partial charge in [0.2, 0.25) is 5.91 Å². The Kier molecular flexibility index (Phi) is 7.63. The number of amides is 1. The Bertz CT molecular complexity index is 658. The summed E-state index contributed by atoms with van der Waals surface area (Å²) in [5, 5.41) is 3.62. The van der Waals surface area contributed by atoms with Crippen molar-refractivity contribution in [2.24, 2.45) is 0 Å². The standard InChI is InChI=1S/C20H24ClNO2/c1-2-13-24-19-11-4-3-8-17(19)9-6-12-22-20(23)15-16-7-5-10-18(21)14-16/h3-5,7-8,10-11,14H,2,6,9,12-13,15H2,1H3,(H,22,23). The highest BCUT2D eigenvalue weighted by atomic mass is 35.5. The molecule has 0 heterocycles. The fraction of sp³-hybridized carbons (Fsp3) is 0.350. The zero-order valence-electron chi connectivity index (χ0n) is 14.1. The Hall–Kier alpha value is -2.00. The lowest BCUT2D eigenvalue weighted by Crippen LogP contribution is -2.26. The van der Waals surface area contributed by atoms with E-state index in [1.165, 1.54) is 5.56 Å². The molecule has 24 heavy (non-hydrogen) atoms. The van der Waals surface area contributed by atoms with Crippen molar-refractivity contribution in [2.45, 2.75) is 32.6 Å². The maximum atomic E-state index is 12.0. The van der Waals surface area contributed by atoms with E-state index >= 15 is 0 Å². The number of hydrogen-bond donors (Lipinski definition) is 1. The molecule has 1 N–H and O–H groups in total. The lowest BCUT2D eigenvalue weighted by molar-refractivity contribution is -0.120. The summed E-state index contributed by atoms with van der Waals surface area (Å²) in [5.41, 5.74) is 2.12. The number of benzene rings is 2. The van der Waals surface area contributed by atoms with Crippen molar-refractivity contribution in [3.63, 3.8) is 0 Å². The monoisotopic (exact) mass is 345 g/mol. The van der Waals surface area contributed by atoms with Gasteiger partial charge < -0.3 is 10.1 Å². The zero-order chi connectivity index (χ0) is 17.2. The first-order chi connectivity index (χ1) is 11.7. The molecule has 0 aromatic heterocycles. The molecule has 0 bridgehead atoms. The highest BCUT2D eigenvalue weighted by Crippen LogP contribution is 2.19. The fourth-order valence-electron chi connectivity index (χ4n) is 2.46. The lowest BCUT2D eigenvalue weighted by Gasteiger charge is -2.11. The molecule has 0 radical (unpaired) electrons. The Labute approximate surface area is 149 Å². The van der Waals surface area contributed by atoms with Crippen LogP contribution in [0.3, 0.4) is 0 Å². The first-order valence-corrected chi connectivity index (χ1v) is 8.78. The first-order valence-electron chi connectivity index (χ1n) is 8.41. The van der Waals surface area contributed by atoms with E-state index in [1.807, 2.05) is 36.4 Å². The van der Waals surface area contributed by atoms with E-state index in [2.05, 4.69) is 18.3 Å². The van der Waals surface area contributed by atoms with Crippen LogP contribution in [-0.4, -0.2) is 19.1 Å². The SMILES string of the molecule is CCCOc1ccccc1CCCNC(=O)Cc1cccc(Cl)c1. The van der Waals surface area contributed by atoms with Crippen LogP contribution in [0.4, 0.5) is 0 Å². The topological polar surface area (TPSA) is 38.3 Å². The highest BCUT2D eigenvalue weighted by molar-refractivity contribution is 6.30. The number of para-hydroxylation sites is 1. The molecular weight excluding hydrogens is 322 g/mol. The summed E-state index contributed by atoms with van der Waals surface area (Å²) in [6.07, 6.45) is 3.12. The third-order valence-corrected chi connectivity index (χ3v) is 3.87. The van der Waals surface area contributed by atoms with Gasteiger partial charge in [-0.2, -0.15) is 0 Å². The Morgan fingerprint density at radius 3 is 2.79 bits per heavy atom. The highest BCUT2D eigenvalue weighted by Gasteiger charge is 2.05. The molecule has 1 amide bonds. The smallest absolute Gasteiger partial charge is 0.224 e. The molecule has 2 rings (SSSR count). The Morgan fingerprint density at radius 1 is 1.17 bits per heavy atom. The molecule has 128 valence electrons. The van der Waals surface area contributed by atoms with Crippen LogP contribution in [0.2, 0.25) is 5.02 Å². The number of aryl methyl sites for hydroxylation is 1. The number of rotatable bonds is 9. The van der Waals surface area contributed by atoms with Gasteiger partial charge in [0, 0.05) is 11.6 Å². The van der Waals surface area contributed by atoms with Crippen LogP contribution in [0.1, 0.15) is 30.9 Å². The minimum absolute atomic E-state index is 0.0211. The summed E-state index contributed by atoms with van der Waals surface area (Å²) in [7, 11) is 0. The van der Waals surface area contributed by atoms with E-state index in [4.69, 9.17) is 16.3 Å². The molecule has 0 aliphatic rings. The number of ether oxygens (including phenoxy) is 1. The molecule has 0 saturated carbocycles. The first kappa shape index (κ1) is 18.3. The molecule has 0 atom stereocenters. The molecule has 0 spiro atoms. The minimum atomic E-state index is 0.0211. The predicted molar refractivity (Wildman–Crippen MR) is 98.7 cm³/mol. The van der Waals surface area contributed by atoms with Crippen LogP contribution in [0.15, 0.2) is 48.5 Å². The van der Waals surface area contributed by atoms with E-state index in [0.29, 0.717) is 18.0 Å². The van der Waals surface area contributed by atoms with Gasteiger partial charge in [-0.3, -0.25) is 4.79 Å². The van der Waals surface area contributed by atoms with Gasteiger partial charge in [-0.05, 0) is 48.6 Å². The second-order valence-corrected chi connectivity index (χ2v) is 6.15. The summed E-state index contributed by atoms with van der Waals surface area (Å²) < 4.78 is 5.75. The van der Waals surface area contributed by atoms with Crippen molar-refractivity contribution in [2.75, 3.05) is 13.2 Å². The number of carbonyl (C=O) groups is 1. The lowest BCUT2D eigenvalue weighted by atomic mass is 10.1. The minimum Gasteiger partial charge on any atom is -0.493 e. The normalized spacial score (nSPS) is 10.4. The van der Waals surface area contributed by atoms with Crippen molar-refractivity contribution < 1.29 is 9.53 Å². The fourth-order valence-corrected chi connectivity index (χ4v) is 2.68. The molecule has 0 aliphatic carbocycles. The van der Waals surface area contributed by atoms with Crippen molar-refractivity contribution in [1.29, 1.82) is 0 Å². The van der Waals surface area contributed by atoms with Crippen molar-refractivity contribution in [3.05, 3.63) is 64.7 Å². The van der Waals surface area contributed by atoms with Crippen LogP contribution >= 0.6 is 11.6 Å². The van der Waals surface area contributed by atoms with Gasteiger partial charge in [0.15, 0.2) is 0 Å².